The third-order valence-electron chi connectivity index (χ3n) is 9.93. The summed E-state index contributed by atoms with van der Waals surface area (Å²) in [7, 11) is 0. The molecule has 15 heteroatoms. The van der Waals surface area contributed by atoms with E-state index in [1.165, 1.54) is 6.33 Å². The van der Waals surface area contributed by atoms with Gasteiger partial charge in [0.15, 0.2) is 29.0 Å². The maximum atomic E-state index is 13.1. The molecule has 2 aliphatic heterocycles. The maximum absolute atomic E-state index is 13.1. The molecule has 54 heavy (non-hydrogen) atoms. The summed E-state index contributed by atoms with van der Waals surface area (Å²) in [5, 5.41) is 34.1. The van der Waals surface area contributed by atoms with Crippen LogP contribution in [-0.4, -0.2) is 97.2 Å². The van der Waals surface area contributed by atoms with Gasteiger partial charge in [-0.05, 0) is 43.0 Å². The summed E-state index contributed by atoms with van der Waals surface area (Å²) in [4.78, 5) is 46.3. The van der Waals surface area contributed by atoms with Crippen LogP contribution >= 0.6 is 0 Å². The predicted octanol–water partition coefficient (Wildman–Crippen LogP) is 3.08. The van der Waals surface area contributed by atoms with Gasteiger partial charge in [-0.3, -0.25) is 9.36 Å². The number of ether oxygens (including phenoxy) is 1. The standard InChI is InChI=1S/C39H46N10O5/c1-2-40-32(50)21-29-34(51)35(52)38(54-29)49-24-44-33-36(42-22-28(25-11-5-3-6-12-25)26-13-7-4-8-14-26)46-30(47-37(33)49)23-43-39(53)45-27-16-19-48(20-17-27)31-15-9-10-18-41-31/h3-15,18,24,27-29,34-35,38,51-52H,2,16-17,19-23H2,1H3,(H,40,50)(H,42,46,47)(H2,43,45,53)/t29-,34+,35+,38+/m0/s1. The lowest BCUT2D eigenvalue weighted by Crippen LogP contribution is -2.48. The van der Waals surface area contributed by atoms with E-state index in [1.807, 2.05) is 54.6 Å². The third-order valence-corrected chi connectivity index (χ3v) is 9.93. The first-order valence-electron chi connectivity index (χ1n) is 18.4. The summed E-state index contributed by atoms with van der Waals surface area (Å²) in [6.07, 6.45) is 0.0131. The van der Waals surface area contributed by atoms with Crippen molar-refractivity contribution >= 4 is 34.7 Å². The number of amides is 3. The van der Waals surface area contributed by atoms with E-state index in [0.717, 1.165) is 42.9 Å². The number of aliphatic hydroxyl groups excluding tert-OH is 2. The van der Waals surface area contributed by atoms with E-state index >= 15 is 0 Å². The van der Waals surface area contributed by atoms with E-state index in [4.69, 9.17) is 14.7 Å². The van der Waals surface area contributed by atoms with Gasteiger partial charge in [-0.15, -0.1) is 0 Å². The average molecular weight is 735 g/mol. The molecule has 7 rings (SSSR count). The van der Waals surface area contributed by atoms with Crippen LogP contribution in [0.1, 0.15) is 55.3 Å². The van der Waals surface area contributed by atoms with Crippen LogP contribution in [0, 0.1) is 0 Å². The fourth-order valence-electron chi connectivity index (χ4n) is 7.12. The summed E-state index contributed by atoms with van der Waals surface area (Å²) >= 11 is 0. The van der Waals surface area contributed by atoms with E-state index in [1.54, 1.807) is 17.7 Å². The first-order chi connectivity index (χ1) is 26.4. The highest BCUT2D eigenvalue weighted by Crippen LogP contribution is 2.34. The topological polar surface area (TPSA) is 192 Å². The van der Waals surface area contributed by atoms with Gasteiger partial charge < -0.3 is 41.1 Å². The number of aliphatic hydroxyl groups is 2. The van der Waals surface area contributed by atoms with Gasteiger partial charge in [0.2, 0.25) is 5.91 Å². The van der Waals surface area contributed by atoms with Crippen LogP contribution in [-0.2, 0) is 16.1 Å². The first-order valence-corrected chi connectivity index (χ1v) is 18.4. The zero-order chi connectivity index (χ0) is 37.4. The molecule has 3 aromatic heterocycles. The molecule has 282 valence electrons. The van der Waals surface area contributed by atoms with E-state index in [2.05, 4.69) is 60.4 Å². The highest BCUT2D eigenvalue weighted by Gasteiger charge is 2.45. The molecule has 0 saturated carbocycles. The molecule has 5 heterocycles. The summed E-state index contributed by atoms with van der Waals surface area (Å²) in [6, 6.07) is 25.9. The number of anilines is 2. The second kappa shape index (κ2) is 17.0. The van der Waals surface area contributed by atoms with Gasteiger partial charge in [-0.2, -0.15) is 0 Å². The third kappa shape index (κ3) is 8.43. The van der Waals surface area contributed by atoms with Crippen molar-refractivity contribution in [1.29, 1.82) is 0 Å². The number of nitrogens with one attached hydrogen (secondary N) is 4. The smallest absolute Gasteiger partial charge is 0.315 e. The Hall–Kier alpha value is -5.64. The second-order valence-corrected chi connectivity index (χ2v) is 13.5. The molecule has 6 N–H and O–H groups in total. The number of rotatable bonds is 13. The number of imidazole rings is 1. The molecular formula is C39H46N10O5. The molecule has 15 nitrogen and oxygen atoms in total. The van der Waals surface area contributed by atoms with Crippen molar-refractivity contribution in [3.05, 3.63) is 108 Å². The number of fused-ring (bicyclic) bond motifs is 1. The molecular weight excluding hydrogens is 688 g/mol. The Balaban J connectivity index is 1.11. The molecule has 0 spiro atoms. The Morgan fingerprint density at radius 2 is 1.59 bits per heavy atom. The van der Waals surface area contributed by atoms with E-state index < -0.39 is 24.5 Å². The fourth-order valence-corrected chi connectivity index (χ4v) is 7.12. The molecule has 0 bridgehead atoms. The Morgan fingerprint density at radius 3 is 2.26 bits per heavy atom. The normalized spacial score (nSPS) is 20.3. The van der Waals surface area contributed by atoms with Gasteiger partial charge in [0, 0.05) is 44.3 Å². The quantitative estimate of drug-likeness (QED) is 0.104. The van der Waals surface area contributed by atoms with Crippen LogP contribution < -0.4 is 26.2 Å². The zero-order valence-electron chi connectivity index (χ0n) is 30.1. The van der Waals surface area contributed by atoms with Gasteiger partial charge in [0.1, 0.15) is 18.0 Å². The Kier molecular flexibility index (Phi) is 11.6. The number of pyridine rings is 1. The predicted molar refractivity (Wildman–Crippen MR) is 203 cm³/mol. The molecule has 0 aliphatic carbocycles. The molecule has 2 fully saturated rings. The van der Waals surface area contributed by atoms with Crippen molar-refractivity contribution in [2.45, 2.75) is 69.2 Å². The Morgan fingerprint density at radius 1 is 0.889 bits per heavy atom. The van der Waals surface area contributed by atoms with Crippen LogP contribution in [0.4, 0.5) is 16.4 Å². The maximum Gasteiger partial charge on any atom is 0.315 e. The van der Waals surface area contributed by atoms with Crippen molar-refractivity contribution in [1.82, 2.24) is 40.5 Å². The molecule has 2 aliphatic rings. The van der Waals surface area contributed by atoms with Gasteiger partial charge in [-0.25, -0.2) is 24.7 Å². The van der Waals surface area contributed by atoms with Gasteiger partial charge in [0.05, 0.1) is 25.4 Å². The average Bonchev–Trinajstić information content (AvgIpc) is 3.75. The summed E-state index contributed by atoms with van der Waals surface area (Å²) in [5.41, 5.74) is 2.98. The number of nitrogens with zero attached hydrogens (tertiary/aromatic N) is 6. The number of hydrogen-bond acceptors (Lipinski definition) is 11. The number of aromatic nitrogens is 5. The zero-order valence-corrected chi connectivity index (χ0v) is 30.1. The largest absolute Gasteiger partial charge is 0.388 e. The highest BCUT2D eigenvalue weighted by atomic mass is 16.6. The first kappa shape index (κ1) is 36.7. The SMILES string of the molecule is CCNC(=O)C[C@@H]1O[C@@H](n2cnc3c(NCC(c4ccccc4)c4ccccc4)nc(CNC(=O)NC4CCN(c5ccccn5)CC4)nc32)[C@H](O)[C@@H]1O. The van der Waals surface area contributed by atoms with E-state index in [-0.39, 0.29) is 36.9 Å². The minimum Gasteiger partial charge on any atom is -0.388 e. The van der Waals surface area contributed by atoms with Gasteiger partial charge in [-0.1, -0.05) is 66.7 Å². The molecule has 0 unspecified atom stereocenters. The summed E-state index contributed by atoms with van der Waals surface area (Å²) in [5.74, 6) is 1.34. The van der Waals surface area contributed by atoms with Gasteiger partial charge in [0.25, 0.3) is 0 Å². The minimum atomic E-state index is -1.36. The summed E-state index contributed by atoms with van der Waals surface area (Å²) < 4.78 is 7.60. The van der Waals surface area contributed by atoms with Crippen molar-refractivity contribution in [2.24, 2.45) is 0 Å². The summed E-state index contributed by atoms with van der Waals surface area (Å²) in [6.45, 7) is 4.26. The van der Waals surface area contributed by atoms with Crippen LogP contribution in [0.15, 0.2) is 91.4 Å². The molecule has 0 radical (unpaired) electrons. The number of carbonyl (C=O) groups excluding carboxylic acids is 2. The Labute approximate surface area is 313 Å². The molecule has 2 aromatic carbocycles. The lowest BCUT2D eigenvalue weighted by atomic mass is 9.91. The number of carbonyl (C=O) groups is 2. The number of benzene rings is 2. The number of piperidine rings is 1. The minimum absolute atomic E-state index is 0.000268. The molecule has 5 aromatic rings. The van der Waals surface area contributed by atoms with Crippen LogP contribution in [0.2, 0.25) is 0 Å². The monoisotopic (exact) mass is 734 g/mol. The van der Waals surface area contributed by atoms with Crippen molar-refractivity contribution in [3.63, 3.8) is 0 Å². The van der Waals surface area contributed by atoms with E-state index in [0.29, 0.717) is 35.9 Å². The highest BCUT2D eigenvalue weighted by molar-refractivity contribution is 5.83. The van der Waals surface area contributed by atoms with Crippen LogP contribution in [0.5, 0.6) is 0 Å². The van der Waals surface area contributed by atoms with Crippen LogP contribution in [0.25, 0.3) is 11.2 Å². The second-order valence-electron chi connectivity index (χ2n) is 13.5. The Bertz CT molecular complexity index is 1950. The van der Waals surface area contributed by atoms with Crippen molar-refractivity contribution < 1.29 is 24.5 Å². The molecule has 3 amide bonds. The van der Waals surface area contributed by atoms with Crippen LogP contribution in [0.3, 0.4) is 0 Å². The van der Waals surface area contributed by atoms with Crippen molar-refractivity contribution in [2.75, 3.05) is 36.4 Å². The molecule has 4 atom stereocenters. The van der Waals surface area contributed by atoms with Crippen molar-refractivity contribution in [3.8, 4) is 0 Å². The lowest BCUT2D eigenvalue weighted by Gasteiger charge is -2.33. The number of hydrogen-bond donors (Lipinski definition) is 6. The fraction of sp³-hybridized carbons (Fsp3) is 0.385. The van der Waals surface area contributed by atoms with E-state index in [9.17, 15) is 19.8 Å². The number of urea groups is 1. The van der Waals surface area contributed by atoms with Gasteiger partial charge >= 0.3 is 6.03 Å². The molecule has 2 saturated heterocycles. The lowest BCUT2D eigenvalue weighted by molar-refractivity contribution is -0.125.